The van der Waals surface area contributed by atoms with Crippen molar-refractivity contribution in [1.29, 1.82) is 0 Å². The van der Waals surface area contributed by atoms with E-state index in [9.17, 15) is 9.59 Å². The Morgan fingerprint density at radius 2 is 1.87 bits per heavy atom. The van der Waals surface area contributed by atoms with Crippen LogP contribution in [0.4, 0.5) is 0 Å². The van der Waals surface area contributed by atoms with Gasteiger partial charge in [-0.3, -0.25) is 19.5 Å². The molecule has 1 unspecified atom stereocenters. The van der Waals surface area contributed by atoms with Gasteiger partial charge in [0.2, 0.25) is 5.91 Å². The topological polar surface area (TPSA) is 74.8 Å². The smallest absolute Gasteiger partial charge is 0.252 e. The number of amides is 2. The molecule has 0 radical (unpaired) electrons. The first kappa shape index (κ1) is 21.2. The standard InChI is InChI=1S/C23H34N4O3/c1-17(16-26-10-12-30-13-11-26)23(29)27-8-6-19(7-9-27)21-5-4-20(15-24-21)22(28)25-14-18-2-3-18/h4-5,15,17-19H,2-3,6-14,16H2,1H3,(H,25,28). The lowest BCUT2D eigenvalue weighted by Gasteiger charge is -2.35. The first-order valence-corrected chi connectivity index (χ1v) is 11.4. The molecule has 1 saturated carbocycles. The Labute approximate surface area is 179 Å². The SMILES string of the molecule is CC(CN1CCOCC1)C(=O)N1CCC(c2ccc(C(=O)NCC3CC3)cn2)CC1. The van der Waals surface area contributed by atoms with E-state index in [1.54, 1.807) is 6.20 Å². The Kier molecular flexibility index (Phi) is 7.00. The maximum absolute atomic E-state index is 12.9. The van der Waals surface area contributed by atoms with E-state index >= 15 is 0 Å². The van der Waals surface area contributed by atoms with E-state index in [0.29, 0.717) is 17.4 Å². The van der Waals surface area contributed by atoms with Crippen molar-refractivity contribution in [2.75, 3.05) is 52.5 Å². The fourth-order valence-corrected chi connectivity index (χ4v) is 4.40. The average molecular weight is 415 g/mol. The van der Waals surface area contributed by atoms with Gasteiger partial charge >= 0.3 is 0 Å². The highest BCUT2D eigenvalue weighted by Gasteiger charge is 2.28. The maximum atomic E-state index is 12.9. The van der Waals surface area contributed by atoms with Gasteiger partial charge in [0.1, 0.15) is 0 Å². The molecule has 1 N–H and O–H groups in total. The zero-order chi connectivity index (χ0) is 20.9. The number of carbonyl (C=O) groups excluding carboxylic acids is 2. The van der Waals surface area contributed by atoms with Gasteiger partial charge in [-0.2, -0.15) is 0 Å². The molecule has 0 spiro atoms. The normalized spacial score (nSPS) is 22.0. The second kappa shape index (κ2) is 9.88. The lowest BCUT2D eigenvalue weighted by atomic mass is 9.92. The van der Waals surface area contributed by atoms with Crippen LogP contribution in [0, 0.1) is 11.8 Å². The average Bonchev–Trinajstić information content (AvgIpc) is 3.62. The number of likely N-dealkylation sites (tertiary alicyclic amines) is 1. The third kappa shape index (κ3) is 5.58. The molecule has 0 aromatic carbocycles. The summed E-state index contributed by atoms with van der Waals surface area (Å²) in [6, 6.07) is 3.86. The van der Waals surface area contributed by atoms with E-state index in [1.165, 1.54) is 12.8 Å². The number of nitrogens with one attached hydrogen (secondary N) is 1. The molecular weight excluding hydrogens is 380 g/mol. The molecule has 3 aliphatic rings. The quantitative estimate of drug-likeness (QED) is 0.738. The van der Waals surface area contributed by atoms with Crippen LogP contribution in [0.15, 0.2) is 18.3 Å². The summed E-state index contributed by atoms with van der Waals surface area (Å²) in [7, 11) is 0. The van der Waals surface area contributed by atoms with Crippen molar-refractivity contribution < 1.29 is 14.3 Å². The Morgan fingerprint density at radius 1 is 1.13 bits per heavy atom. The number of carbonyl (C=O) groups is 2. The van der Waals surface area contributed by atoms with Crippen LogP contribution in [0.1, 0.15) is 54.6 Å². The van der Waals surface area contributed by atoms with Crippen molar-refractivity contribution >= 4 is 11.8 Å². The van der Waals surface area contributed by atoms with Crippen molar-refractivity contribution in [3.8, 4) is 0 Å². The van der Waals surface area contributed by atoms with Gasteiger partial charge in [0.15, 0.2) is 0 Å². The minimum absolute atomic E-state index is 0.0196. The summed E-state index contributed by atoms with van der Waals surface area (Å²) in [5, 5.41) is 2.98. The van der Waals surface area contributed by atoms with Gasteiger partial charge in [-0.05, 0) is 43.7 Å². The van der Waals surface area contributed by atoms with Crippen LogP contribution in [0.3, 0.4) is 0 Å². The van der Waals surface area contributed by atoms with E-state index in [0.717, 1.165) is 71.0 Å². The number of aromatic nitrogens is 1. The Hall–Kier alpha value is -1.99. The van der Waals surface area contributed by atoms with Crippen LogP contribution >= 0.6 is 0 Å². The van der Waals surface area contributed by atoms with Crippen LogP contribution < -0.4 is 5.32 Å². The zero-order valence-corrected chi connectivity index (χ0v) is 18.0. The van der Waals surface area contributed by atoms with Gasteiger partial charge < -0.3 is 15.0 Å². The van der Waals surface area contributed by atoms with Crippen molar-refractivity contribution in [3.63, 3.8) is 0 Å². The Balaban J connectivity index is 1.23. The van der Waals surface area contributed by atoms with Gasteiger partial charge in [0.05, 0.1) is 18.8 Å². The number of rotatable bonds is 7. The Morgan fingerprint density at radius 3 is 2.50 bits per heavy atom. The van der Waals surface area contributed by atoms with Crippen LogP contribution in [0.25, 0.3) is 0 Å². The predicted molar refractivity (Wildman–Crippen MR) is 114 cm³/mol. The van der Waals surface area contributed by atoms with E-state index in [-0.39, 0.29) is 17.7 Å². The second-order valence-corrected chi connectivity index (χ2v) is 9.04. The number of hydrogen-bond donors (Lipinski definition) is 1. The molecule has 164 valence electrons. The molecule has 0 bridgehead atoms. The van der Waals surface area contributed by atoms with Gasteiger partial charge in [-0.25, -0.2) is 0 Å². The van der Waals surface area contributed by atoms with Gasteiger partial charge in [-0.1, -0.05) is 6.92 Å². The first-order chi connectivity index (χ1) is 14.6. The number of morpholine rings is 1. The lowest BCUT2D eigenvalue weighted by Crippen LogP contribution is -2.46. The molecule has 2 amide bonds. The Bertz CT molecular complexity index is 720. The molecule has 1 aromatic rings. The summed E-state index contributed by atoms with van der Waals surface area (Å²) < 4.78 is 5.39. The van der Waals surface area contributed by atoms with Crippen molar-refractivity contribution in [2.24, 2.45) is 11.8 Å². The minimum atomic E-state index is -0.0318. The number of nitrogens with zero attached hydrogens (tertiary/aromatic N) is 3. The minimum Gasteiger partial charge on any atom is -0.379 e. The number of ether oxygens (including phenoxy) is 1. The maximum Gasteiger partial charge on any atom is 0.252 e. The van der Waals surface area contributed by atoms with Crippen LogP contribution in [0.5, 0.6) is 0 Å². The van der Waals surface area contributed by atoms with E-state index in [1.807, 2.05) is 24.0 Å². The number of piperidine rings is 1. The highest BCUT2D eigenvalue weighted by molar-refractivity contribution is 5.93. The number of hydrogen-bond acceptors (Lipinski definition) is 5. The largest absolute Gasteiger partial charge is 0.379 e. The molecule has 3 fully saturated rings. The molecule has 1 aromatic heterocycles. The summed E-state index contributed by atoms with van der Waals surface area (Å²) in [4.78, 5) is 33.9. The molecule has 1 atom stereocenters. The van der Waals surface area contributed by atoms with Crippen LogP contribution in [-0.2, 0) is 9.53 Å². The summed E-state index contributed by atoms with van der Waals surface area (Å²) in [5.74, 6) is 1.27. The molecule has 1 aliphatic carbocycles. The van der Waals surface area contributed by atoms with E-state index in [2.05, 4.69) is 15.2 Å². The third-order valence-electron chi connectivity index (χ3n) is 6.58. The summed E-state index contributed by atoms with van der Waals surface area (Å²) >= 11 is 0. The van der Waals surface area contributed by atoms with E-state index in [4.69, 9.17) is 4.74 Å². The summed E-state index contributed by atoms with van der Waals surface area (Å²) in [6.45, 7) is 8.55. The fraction of sp³-hybridized carbons (Fsp3) is 0.696. The molecule has 7 nitrogen and oxygen atoms in total. The summed E-state index contributed by atoms with van der Waals surface area (Å²) in [5.41, 5.74) is 1.66. The van der Waals surface area contributed by atoms with Crippen LogP contribution in [0.2, 0.25) is 0 Å². The molecular formula is C23H34N4O3. The molecule has 2 aliphatic heterocycles. The van der Waals surface area contributed by atoms with Gasteiger partial charge in [0.25, 0.3) is 5.91 Å². The van der Waals surface area contributed by atoms with E-state index < -0.39 is 0 Å². The van der Waals surface area contributed by atoms with Crippen molar-refractivity contribution in [2.45, 2.75) is 38.5 Å². The number of pyridine rings is 1. The molecule has 30 heavy (non-hydrogen) atoms. The third-order valence-corrected chi connectivity index (χ3v) is 6.58. The van der Waals surface area contributed by atoms with Gasteiger partial charge in [-0.15, -0.1) is 0 Å². The molecule has 4 rings (SSSR count). The second-order valence-electron chi connectivity index (χ2n) is 9.04. The lowest BCUT2D eigenvalue weighted by molar-refractivity contribution is -0.137. The first-order valence-electron chi connectivity index (χ1n) is 11.4. The highest BCUT2D eigenvalue weighted by atomic mass is 16.5. The van der Waals surface area contributed by atoms with Gasteiger partial charge in [0, 0.05) is 63.0 Å². The molecule has 2 saturated heterocycles. The predicted octanol–water partition coefficient (Wildman–Crippen LogP) is 1.90. The molecule has 3 heterocycles. The summed E-state index contributed by atoms with van der Waals surface area (Å²) in [6.07, 6.45) is 6.00. The monoisotopic (exact) mass is 414 g/mol. The van der Waals surface area contributed by atoms with Crippen LogP contribution in [-0.4, -0.2) is 79.1 Å². The highest BCUT2D eigenvalue weighted by Crippen LogP contribution is 2.28. The molecule has 7 heteroatoms. The van der Waals surface area contributed by atoms with Crippen molar-refractivity contribution in [1.82, 2.24) is 20.1 Å². The fourth-order valence-electron chi connectivity index (χ4n) is 4.40. The van der Waals surface area contributed by atoms with Crippen molar-refractivity contribution in [3.05, 3.63) is 29.6 Å². The zero-order valence-electron chi connectivity index (χ0n) is 18.0.